The van der Waals surface area contributed by atoms with Gasteiger partial charge in [-0.05, 0) is 54.8 Å². The second kappa shape index (κ2) is 8.56. The lowest BCUT2D eigenvalue weighted by Gasteiger charge is -2.12. The second-order valence-electron chi connectivity index (χ2n) is 6.70. The Labute approximate surface area is 172 Å². The number of rotatable bonds is 7. The first-order valence-corrected chi connectivity index (χ1v) is 9.30. The van der Waals surface area contributed by atoms with Crippen molar-refractivity contribution in [2.24, 2.45) is 4.99 Å². The fourth-order valence-corrected chi connectivity index (χ4v) is 2.92. The lowest BCUT2D eigenvalue weighted by atomic mass is 10.1. The van der Waals surface area contributed by atoms with Crippen LogP contribution in [0.5, 0.6) is 5.75 Å². The van der Waals surface area contributed by atoms with Gasteiger partial charge in [0.2, 0.25) is 5.82 Å². The monoisotopic (exact) mass is 403 g/mol. The summed E-state index contributed by atoms with van der Waals surface area (Å²) in [7, 11) is 0. The third-order valence-corrected chi connectivity index (χ3v) is 4.55. The highest BCUT2D eigenvalue weighted by atomic mass is 16.5. The molecule has 9 nitrogen and oxygen atoms in total. The molecule has 0 saturated carbocycles. The maximum absolute atomic E-state index is 12.4. The minimum absolute atomic E-state index is 0.191. The zero-order valence-corrected chi connectivity index (χ0v) is 16.5. The number of benzene rings is 2. The highest BCUT2D eigenvalue weighted by Crippen LogP contribution is 2.21. The predicted octanol–water partition coefficient (Wildman–Crippen LogP) is 2.68. The molecule has 0 spiro atoms. The molecule has 0 aliphatic carbocycles. The largest absolute Gasteiger partial charge is 0.861 e. The molecule has 0 radical (unpaired) electrons. The van der Waals surface area contributed by atoms with E-state index in [0.717, 1.165) is 28.1 Å². The molecule has 30 heavy (non-hydrogen) atoms. The summed E-state index contributed by atoms with van der Waals surface area (Å²) in [5, 5.41) is 30.1. The Morgan fingerprint density at radius 3 is 2.70 bits per heavy atom. The fourth-order valence-electron chi connectivity index (χ4n) is 2.92. The van der Waals surface area contributed by atoms with Gasteiger partial charge in [-0.3, -0.25) is 4.99 Å². The SMILES string of the molecule is Cc1noc(C)c1COc1ccc(CC([O-])=Nc2cccc(-c3nn[nH]n3)c2)cc1. The van der Waals surface area contributed by atoms with Gasteiger partial charge in [0.15, 0.2) is 0 Å². The smallest absolute Gasteiger partial charge is 0.204 e. The minimum Gasteiger partial charge on any atom is -0.861 e. The Morgan fingerprint density at radius 2 is 2.00 bits per heavy atom. The molecule has 4 aromatic rings. The third kappa shape index (κ3) is 4.52. The Morgan fingerprint density at radius 1 is 1.17 bits per heavy atom. The van der Waals surface area contributed by atoms with Crippen LogP contribution in [-0.4, -0.2) is 31.7 Å². The second-order valence-corrected chi connectivity index (χ2v) is 6.70. The Hall–Kier alpha value is -4.01. The molecule has 0 aliphatic rings. The van der Waals surface area contributed by atoms with E-state index in [1.54, 1.807) is 18.2 Å². The van der Waals surface area contributed by atoms with Gasteiger partial charge in [0.25, 0.3) is 0 Å². The van der Waals surface area contributed by atoms with Gasteiger partial charge in [0.1, 0.15) is 18.1 Å². The Kier molecular flexibility index (Phi) is 5.51. The average molecular weight is 403 g/mol. The number of tetrazole rings is 1. The van der Waals surface area contributed by atoms with Crippen molar-refractivity contribution >= 4 is 11.6 Å². The number of aliphatic imine (C=N–C) groups is 1. The Bertz CT molecular complexity index is 1130. The molecule has 1 N–H and O–H groups in total. The van der Waals surface area contributed by atoms with E-state index >= 15 is 0 Å². The maximum atomic E-state index is 12.4. The molecule has 0 fully saturated rings. The maximum Gasteiger partial charge on any atom is 0.204 e. The first-order chi connectivity index (χ1) is 14.6. The van der Waals surface area contributed by atoms with Crippen molar-refractivity contribution in [2.75, 3.05) is 0 Å². The summed E-state index contributed by atoms with van der Waals surface area (Å²) in [5.41, 5.74) is 3.89. The molecular formula is C21H19N6O3-. The number of hydrogen-bond acceptors (Lipinski definition) is 8. The molecule has 0 atom stereocenters. The average Bonchev–Trinajstić information content (AvgIpc) is 3.38. The summed E-state index contributed by atoms with van der Waals surface area (Å²) in [6.07, 6.45) is 0.191. The van der Waals surface area contributed by atoms with Crippen LogP contribution in [0.15, 0.2) is 58.0 Å². The molecule has 0 amide bonds. The number of aromatic nitrogens is 5. The summed E-state index contributed by atoms with van der Waals surface area (Å²) < 4.78 is 10.9. The summed E-state index contributed by atoms with van der Waals surface area (Å²) >= 11 is 0. The first-order valence-electron chi connectivity index (χ1n) is 9.30. The molecule has 152 valence electrons. The zero-order valence-electron chi connectivity index (χ0n) is 16.5. The van der Waals surface area contributed by atoms with Gasteiger partial charge in [-0.15, -0.1) is 10.2 Å². The van der Waals surface area contributed by atoms with E-state index in [2.05, 4.69) is 30.8 Å². The highest BCUT2D eigenvalue weighted by molar-refractivity contribution is 5.78. The van der Waals surface area contributed by atoms with Crippen LogP contribution in [0.25, 0.3) is 11.4 Å². The van der Waals surface area contributed by atoms with Crippen molar-refractivity contribution in [3.8, 4) is 17.1 Å². The fraction of sp³-hybridized carbons (Fsp3) is 0.190. The van der Waals surface area contributed by atoms with E-state index in [4.69, 9.17) is 9.26 Å². The van der Waals surface area contributed by atoms with Crippen LogP contribution in [0.2, 0.25) is 0 Å². The van der Waals surface area contributed by atoms with Crippen molar-refractivity contribution in [1.82, 2.24) is 25.8 Å². The van der Waals surface area contributed by atoms with Crippen molar-refractivity contribution in [2.45, 2.75) is 26.9 Å². The van der Waals surface area contributed by atoms with Gasteiger partial charge in [0.05, 0.1) is 16.9 Å². The molecular weight excluding hydrogens is 384 g/mol. The number of nitrogens with zero attached hydrogens (tertiary/aromatic N) is 5. The number of ether oxygens (including phenoxy) is 1. The van der Waals surface area contributed by atoms with Crippen molar-refractivity contribution in [1.29, 1.82) is 0 Å². The van der Waals surface area contributed by atoms with Gasteiger partial charge >= 0.3 is 0 Å². The molecule has 9 heteroatoms. The number of nitrogens with one attached hydrogen (secondary N) is 1. The highest BCUT2D eigenvalue weighted by Gasteiger charge is 2.09. The summed E-state index contributed by atoms with van der Waals surface area (Å²) in [6, 6.07) is 14.5. The topological polar surface area (TPSA) is 125 Å². The van der Waals surface area contributed by atoms with Crippen LogP contribution in [0.1, 0.15) is 22.6 Å². The molecule has 2 aromatic carbocycles. The van der Waals surface area contributed by atoms with Gasteiger partial charge in [-0.1, -0.05) is 29.4 Å². The number of aromatic amines is 1. The molecule has 2 aromatic heterocycles. The molecule has 4 rings (SSSR count). The standard InChI is InChI=1S/C21H20N6O3/c1-13-19(14(2)30-25-13)12-29-18-8-6-15(7-9-18)10-20(28)22-17-5-3-4-16(11-17)21-23-26-27-24-21/h3-9,11H,10,12H2,1-2H3,(H,22,28)(H,23,24,26,27)/p-1. The van der Waals surface area contributed by atoms with Crippen molar-refractivity contribution in [3.05, 3.63) is 71.1 Å². The lowest BCUT2D eigenvalue weighted by Crippen LogP contribution is -2.19. The normalized spacial score (nSPS) is 11.6. The summed E-state index contributed by atoms with van der Waals surface area (Å²) in [4.78, 5) is 4.16. The molecule has 0 unspecified atom stereocenters. The first kappa shape index (κ1) is 19.3. The minimum atomic E-state index is -0.246. The molecule has 0 aliphatic heterocycles. The number of aryl methyl sites for hydroxylation is 2. The quantitative estimate of drug-likeness (QED) is 0.371. The van der Waals surface area contributed by atoms with E-state index in [-0.39, 0.29) is 12.3 Å². The third-order valence-electron chi connectivity index (χ3n) is 4.55. The van der Waals surface area contributed by atoms with Crippen LogP contribution in [0, 0.1) is 13.8 Å². The molecule has 0 bridgehead atoms. The van der Waals surface area contributed by atoms with E-state index in [0.29, 0.717) is 23.9 Å². The van der Waals surface area contributed by atoms with Crippen LogP contribution in [0.4, 0.5) is 5.69 Å². The Balaban J connectivity index is 1.39. The van der Waals surface area contributed by atoms with Crippen LogP contribution in [0.3, 0.4) is 0 Å². The van der Waals surface area contributed by atoms with E-state index in [1.807, 2.05) is 44.2 Å². The van der Waals surface area contributed by atoms with Crippen LogP contribution in [-0.2, 0) is 13.0 Å². The van der Waals surface area contributed by atoms with Gasteiger partial charge in [-0.25, -0.2) is 0 Å². The van der Waals surface area contributed by atoms with Crippen molar-refractivity contribution in [3.63, 3.8) is 0 Å². The summed E-state index contributed by atoms with van der Waals surface area (Å²) in [6.45, 7) is 4.12. The number of hydrogen-bond donors (Lipinski definition) is 1. The van der Waals surface area contributed by atoms with Gasteiger partial charge in [0, 0.05) is 12.0 Å². The van der Waals surface area contributed by atoms with E-state index < -0.39 is 0 Å². The van der Waals surface area contributed by atoms with Crippen LogP contribution < -0.4 is 9.84 Å². The van der Waals surface area contributed by atoms with E-state index in [9.17, 15) is 5.11 Å². The van der Waals surface area contributed by atoms with Crippen molar-refractivity contribution < 1.29 is 14.4 Å². The van der Waals surface area contributed by atoms with E-state index in [1.165, 1.54) is 0 Å². The predicted molar refractivity (Wildman–Crippen MR) is 107 cm³/mol. The lowest BCUT2D eigenvalue weighted by molar-refractivity contribution is -0.217. The molecule has 2 heterocycles. The van der Waals surface area contributed by atoms with Gasteiger partial charge in [-0.2, -0.15) is 5.21 Å². The summed E-state index contributed by atoms with van der Waals surface area (Å²) in [5.74, 6) is 1.66. The van der Waals surface area contributed by atoms with Crippen LogP contribution >= 0.6 is 0 Å². The molecule has 0 saturated heterocycles. The van der Waals surface area contributed by atoms with Gasteiger partial charge < -0.3 is 14.4 Å². The number of H-pyrrole nitrogens is 1. The zero-order chi connectivity index (χ0) is 20.9.